The molecule has 2 heterocycles. The minimum Gasteiger partial charge on any atom is -0.451 e. The van der Waals surface area contributed by atoms with Crippen LogP contribution in [0.1, 0.15) is 15.4 Å². The Morgan fingerprint density at radius 1 is 1.10 bits per heavy atom. The van der Waals surface area contributed by atoms with Crippen LogP contribution in [0.15, 0.2) is 48.5 Å². The molecule has 0 aliphatic carbocycles. The molecule has 158 valence electrons. The highest BCUT2D eigenvalue weighted by Gasteiger charge is 2.20. The van der Waals surface area contributed by atoms with E-state index in [1.807, 2.05) is 25.1 Å². The Kier molecular flexibility index (Phi) is 6.20. The van der Waals surface area contributed by atoms with E-state index in [9.17, 15) is 9.59 Å². The van der Waals surface area contributed by atoms with E-state index in [4.69, 9.17) is 39.5 Å². The van der Waals surface area contributed by atoms with Gasteiger partial charge in [0, 0.05) is 21.1 Å². The first-order valence-corrected chi connectivity index (χ1v) is 10.9. The fourth-order valence-electron chi connectivity index (χ4n) is 2.96. The summed E-state index contributed by atoms with van der Waals surface area (Å²) in [5, 5.41) is 9.23. The first kappa shape index (κ1) is 21.6. The Morgan fingerprint density at radius 3 is 2.52 bits per heavy atom. The van der Waals surface area contributed by atoms with Crippen molar-refractivity contribution in [3.63, 3.8) is 0 Å². The second-order valence-electron chi connectivity index (χ2n) is 6.56. The van der Waals surface area contributed by atoms with Crippen LogP contribution < -0.4 is 5.32 Å². The fraction of sp³-hybridized carbons (Fsp3) is 0.0952. The highest BCUT2D eigenvalue weighted by Crippen LogP contribution is 2.32. The van der Waals surface area contributed by atoms with Crippen molar-refractivity contribution in [3.8, 4) is 5.69 Å². The van der Waals surface area contributed by atoms with Gasteiger partial charge in [-0.1, -0.05) is 46.9 Å². The van der Waals surface area contributed by atoms with E-state index < -0.39 is 18.5 Å². The van der Waals surface area contributed by atoms with Crippen molar-refractivity contribution >= 4 is 73.9 Å². The van der Waals surface area contributed by atoms with E-state index in [1.54, 1.807) is 35.0 Å². The zero-order valence-corrected chi connectivity index (χ0v) is 19.1. The Hall–Kier alpha value is -2.58. The molecule has 0 bridgehead atoms. The molecule has 10 heteroatoms. The van der Waals surface area contributed by atoms with Crippen molar-refractivity contribution < 1.29 is 14.3 Å². The van der Waals surface area contributed by atoms with Crippen molar-refractivity contribution in [2.24, 2.45) is 0 Å². The van der Waals surface area contributed by atoms with E-state index in [-0.39, 0.29) is 0 Å². The number of carbonyl (C=O) groups excluding carboxylic acids is 2. The monoisotopic (exact) mass is 493 g/mol. The molecule has 0 spiro atoms. The van der Waals surface area contributed by atoms with Crippen LogP contribution in [0.5, 0.6) is 0 Å². The minimum atomic E-state index is -0.606. The molecule has 31 heavy (non-hydrogen) atoms. The summed E-state index contributed by atoms with van der Waals surface area (Å²) in [6.45, 7) is 1.40. The Morgan fingerprint density at radius 2 is 1.81 bits per heavy atom. The standard InChI is InChI=1S/C21H14Cl3N3O3S/c1-11-15-9-18(31-20(15)27(26-11)17-5-3-2-4-16(17)24)21(29)30-10-19(28)25-14-7-12(22)6-13(23)8-14/h2-9H,10H2,1H3,(H,25,28). The summed E-state index contributed by atoms with van der Waals surface area (Å²) in [6, 6.07) is 13.6. The lowest BCUT2D eigenvalue weighted by molar-refractivity contribution is -0.119. The predicted molar refractivity (Wildman–Crippen MR) is 124 cm³/mol. The van der Waals surface area contributed by atoms with Gasteiger partial charge in [0.1, 0.15) is 9.71 Å². The number of benzene rings is 2. The van der Waals surface area contributed by atoms with Crippen LogP contribution in [0.25, 0.3) is 15.9 Å². The Balaban J connectivity index is 1.49. The Bertz CT molecular complexity index is 1300. The molecule has 4 rings (SSSR count). The van der Waals surface area contributed by atoms with Crippen molar-refractivity contribution in [2.45, 2.75) is 6.92 Å². The van der Waals surface area contributed by atoms with Crippen LogP contribution in [0, 0.1) is 6.92 Å². The molecular weight excluding hydrogens is 481 g/mol. The van der Waals surface area contributed by atoms with Crippen LogP contribution in [0.4, 0.5) is 5.69 Å². The van der Waals surface area contributed by atoms with Crippen molar-refractivity contribution in [2.75, 3.05) is 11.9 Å². The molecule has 0 atom stereocenters. The SMILES string of the molecule is Cc1nn(-c2ccccc2Cl)c2sc(C(=O)OCC(=O)Nc3cc(Cl)cc(Cl)c3)cc12. The molecule has 0 saturated heterocycles. The second kappa shape index (κ2) is 8.88. The summed E-state index contributed by atoms with van der Waals surface area (Å²) in [7, 11) is 0. The summed E-state index contributed by atoms with van der Waals surface area (Å²) < 4.78 is 6.87. The maximum atomic E-state index is 12.5. The number of thiophene rings is 1. The molecular formula is C21H14Cl3N3O3S. The number of hydrogen-bond acceptors (Lipinski definition) is 5. The number of aryl methyl sites for hydroxylation is 1. The molecule has 4 aromatic rings. The lowest BCUT2D eigenvalue weighted by Crippen LogP contribution is -2.20. The van der Waals surface area contributed by atoms with Gasteiger partial charge < -0.3 is 10.1 Å². The number of anilines is 1. The van der Waals surface area contributed by atoms with Gasteiger partial charge >= 0.3 is 5.97 Å². The molecule has 0 saturated carbocycles. The average molecular weight is 495 g/mol. The van der Waals surface area contributed by atoms with E-state index in [2.05, 4.69) is 10.4 Å². The number of nitrogens with one attached hydrogen (secondary N) is 1. The smallest absolute Gasteiger partial charge is 0.348 e. The third-order valence-corrected chi connectivity index (χ3v) is 6.15. The number of amides is 1. The fourth-order valence-corrected chi connectivity index (χ4v) is 4.77. The number of fused-ring (bicyclic) bond motifs is 1. The highest BCUT2D eigenvalue weighted by atomic mass is 35.5. The lowest BCUT2D eigenvalue weighted by atomic mass is 10.3. The largest absolute Gasteiger partial charge is 0.451 e. The number of rotatable bonds is 5. The van der Waals surface area contributed by atoms with Gasteiger partial charge in [0.25, 0.3) is 5.91 Å². The van der Waals surface area contributed by atoms with Crippen molar-refractivity contribution in [1.82, 2.24) is 9.78 Å². The second-order valence-corrected chi connectivity index (χ2v) is 8.87. The molecule has 2 aromatic carbocycles. The number of ether oxygens (including phenoxy) is 1. The lowest BCUT2D eigenvalue weighted by Gasteiger charge is -2.07. The van der Waals surface area contributed by atoms with Crippen LogP contribution in [-0.2, 0) is 9.53 Å². The number of aromatic nitrogens is 2. The molecule has 0 aliphatic heterocycles. The van der Waals surface area contributed by atoms with Gasteiger partial charge in [-0.05, 0) is 43.3 Å². The molecule has 0 unspecified atom stereocenters. The van der Waals surface area contributed by atoms with Crippen LogP contribution >= 0.6 is 46.1 Å². The van der Waals surface area contributed by atoms with Gasteiger partial charge in [-0.25, -0.2) is 9.48 Å². The van der Waals surface area contributed by atoms with Gasteiger partial charge in [0.15, 0.2) is 6.61 Å². The van der Waals surface area contributed by atoms with Crippen LogP contribution in [-0.4, -0.2) is 28.3 Å². The first-order chi connectivity index (χ1) is 14.8. The summed E-state index contributed by atoms with van der Waals surface area (Å²) >= 11 is 19.3. The van der Waals surface area contributed by atoms with Crippen LogP contribution in [0.3, 0.4) is 0 Å². The van der Waals surface area contributed by atoms with E-state index >= 15 is 0 Å². The number of carbonyl (C=O) groups is 2. The zero-order chi connectivity index (χ0) is 22.1. The maximum Gasteiger partial charge on any atom is 0.348 e. The van der Waals surface area contributed by atoms with Gasteiger partial charge in [-0.3, -0.25) is 4.79 Å². The number of hydrogen-bond donors (Lipinski definition) is 1. The number of esters is 1. The highest BCUT2D eigenvalue weighted by molar-refractivity contribution is 7.20. The van der Waals surface area contributed by atoms with Crippen LogP contribution in [0.2, 0.25) is 15.1 Å². The number of para-hydroxylation sites is 1. The average Bonchev–Trinajstić information content (AvgIpc) is 3.27. The van der Waals surface area contributed by atoms with E-state index in [0.717, 1.165) is 15.9 Å². The third kappa shape index (κ3) is 4.70. The summed E-state index contributed by atoms with van der Waals surface area (Å²) in [4.78, 5) is 25.8. The zero-order valence-electron chi connectivity index (χ0n) is 16.0. The van der Waals surface area contributed by atoms with Gasteiger partial charge in [-0.2, -0.15) is 5.10 Å². The molecule has 2 aromatic heterocycles. The van der Waals surface area contributed by atoms with Gasteiger partial charge in [0.05, 0.1) is 16.4 Å². The minimum absolute atomic E-state index is 0.356. The van der Waals surface area contributed by atoms with Gasteiger partial charge in [0.2, 0.25) is 0 Å². The number of halogens is 3. The molecule has 0 fully saturated rings. The quantitative estimate of drug-likeness (QED) is 0.338. The maximum absolute atomic E-state index is 12.5. The number of nitrogens with zero attached hydrogens (tertiary/aromatic N) is 2. The molecule has 0 radical (unpaired) electrons. The van der Waals surface area contributed by atoms with Crippen molar-refractivity contribution in [3.05, 3.63) is 74.2 Å². The van der Waals surface area contributed by atoms with Gasteiger partial charge in [-0.15, -0.1) is 11.3 Å². The topological polar surface area (TPSA) is 73.2 Å². The summed E-state index contributed by atoms with van der Waals surface area (Å²) in [5.74, 6) is -1.11. The molecule has 1 N–H and O–H groups in total. The third-order valence-electron chi connectivity index (χ3n) is 4.31. The summed E-state index contributed by atoms with van der Waals surface area (Å²) in [5.41, 5.74) is 1.88. The van der Waals surface area contributed by atoms with E-state index in [1.165, 1.54) is 11.3 Å². The first-order valence-electron chi connectivity index (χ1n) is 8.99. The molecule has 6 nitrogen and oxygen atoms in total. The predicted octanol–water partition coefficient (Wildman–Crippen LogP) is 6.15. The van der Waals surface area contributed by atoms with E-state index in [0.29, 0.717) is 31.3 Å². The normalized spacial score (nSPS) is 11.0. The summed E-state index contributed by atoms with van der Waals surface area (Å²) in [6.07, 6.45) is 0. The molecule has 0 aliphatic rings. The molecule has 1 amide bonds. The Labute approximate surface area is 196 Å². The van der Waals surface area contributed by atoms with Crippen molar-refractivity contribution in [1.29, 1.82) is 0 Å².